The molecule has 0 radical (unpaired) electrons. The van der Waals surface area contributed by atoms with E-state index in [9.17, 15) is 0 Å². The molecule has 3 aromatic rings. The lowest BCUT2D eigenvalue weighted by atomic mass is 10.1. The van der Waals surface area contributed by atoms with Gasteiger partial charge < -0.3 is 5.11 Å². The zero-order valence-electron chi connectivity index (χ0n) is 10.1. The first-order chi connectivity index (χ1) is 8.90. The number of rotatable bonds is 1. The van der Waals surface area contributed by atoms with Gasteiger partial charge in [0.25, 0.3) is 7.13 Å². The summed E-state index contributed by atoms with van der Waals surface area (Å²) < 4.78 is 9.45. The van der Waals surface area contributed by atoms with E-state index in [0.717, 1.165) is 27.7 Å². The van der Waals surface area contributed by atoms with Gasteiger partial charge in [-0.2, -0.15) is 0 Å². The Hall–Kier alpha value is -2.35. The van der Waals surface area contributed by atoms with E-state index < -0.39 is 0 Å². The van der Waals surface area contributed by atoms with Crippen LogP contribution in [0.4, 0.5) is 0 Å². The molecule has 80 valence electrons. The van der Waals surface area contributed by atoms with Gasteiger partial charge in [0.1, 0.15) is 0 Å². The van der Waals surface area contributed by atoms with Crippen molar-refractivity contribution in [3.8, 4) is 5.75 Å². The SMILES string of the molecule is [2H]Oc1c2[n+]3c(cccc3c3ccccc13)C=C2. The molecule has 0 spiro atoms. The van der Waals surface area contributed by atoms with Gasteiger partial charge in [0, 0.05) is 29.7 Å². The molecule has 0 amide bonds. The maximum atomic E-state index is 7.32. The minimum Gasteiger partial charge on any atom is -0.502 e. The van der Waals surface area contributed by atoms with E-state index in [1.54, 1.807) is 0 Å². The molecule has 0 bridgehead atoms. The third kappa shape index (κ3) is 0.972. The molecule has 0 saturated heterocycles. The van der Waals surface area contributed by atoms with Gasteiger partial charge in [0.15, 0.2) is 5.75 Å². The highest BCUT2D eigenvalue weighted by Crippen LogP contribution is 2.32. The first-order valence-corrected chi connectivity index (χ1v) is 5.61. The molecule has 0 fully saturated rings. The van der Waals surface area contributed by atoms with E-state index in [2.05, 4.69) is 28.7 Å². The van der Waals surface area contributed by atoms with Crippen molar-refractivity contribution in [3.05, 3.63) is 53.9 Å². The summed E-state index contributed by atoms with van der Waals surface area (Å²) in [4.78, 5) is 0. The van der Waals surface area contributed by atoms with Crippen molar-refractivity contribution in [2.45, 2.75) is 0 Å². The fourth-order valence-corrected chi connectivity index (χ4v) is 2.59. The summed E-state index contributed by atoms with van der Waals surface area (Å²) in [6, 6.07) is 14.2. The molecule has 4 rings (SSSR count). The van der Waals surface area contributed by atoms with Gasteiger partial charge in [-0.25, -0.2) is 0 Å². The van der Waals surface area contributed by atoms with Gasteiger partial charge in [-0.05, 0) is 12.1 Å². The normalized spacial score (nSPS) is 13.3. The number of hydrogen-bond donors (Lipinski definition) is 1. The Labute approximate surface area is 99.6 Å². The Morgan fingerprint density at radius 3 is 2.71 bits per heavy atom. The number of nitrogens with zero attached hydrogens (tertiary/aromatic N) is 1. The molecule has 2 nitrogen and oxygen atoms in total. The van der Waals surface area contributed by atoms with E-state index in [0.29, 0.717) is 5.75 Å². The predicted molar refractivity (Wildman–Crippen MR) is 67.7 cm³/mol. The summed E-state index contributed by atoms with van der Waals surface area (Å²) in [5.41, 5.74) is 3.20. The van der Waals surface area contributed by atoms with Crippen molar-refractivity contribution in [1.82, 2.24) is 0 Å². The lowest BCUT2D eigenvalue weighted by Gasteiger charge is -2.03. The van der Waals surface area contributed by atoms with Gasteiger partial charge in [-0.1, -0.05) is 18.2 Å². The molecular formula is C15H10NO+. The van der Waals surface area contributed by atoms with Crippen molar-refractivity contribution in [1.29, 1.82) is 1.43 Å². The molecule has 1 aromatic carbocycles. The van der Waals surface area contributed by atoms with Crippen LogP contribution in [0.1, 0.15) is 11.4 Å². The summed E-state index contributed by atoms with van der Waals surface area (Å²) in [7, 11) is 0. The zero-order valence-corrected chi connectivity index (χ0v) is 9.05. The van der Waals surface area contributed by atoms with Crippen LogP contribution >= 0.6 is 0 Å². The third-order valence-corrected chi connectivity index (χ3v) is 3.35. The molecule has 1 aliphatic heterocycles. The van der Waals surface area contributed by atoms with Crippen molar-refractivity contribution < 1.29 is 9.51 Å². The summed E-state index contributed by atoms with van der Waals surface area (Å²) in [6.45, 7) is 0. The number of aromatic nitrogens is 1. The average molecular weight is 221 g/mol. The maximum absolute atomic E-state index is 7.32. The molecule has 2 heteroatoms. The summed E-state index contributed by atoms with van der Waals surface area (Å²) >= 11 is 0. The maximum Gasteiger partial charge on any atom is 0.293 e. The van der Waals surface area contributed by atoms with Gasteiger partial charge in [0.2, 0.25) is 11.2 Å². The van der Waals surface area contributed by atoms with E-state index in [-0.39, 0.29) is 0 Å². The Bertz CT molecular complexity index is 823. The summed E-state index contributed by atoms with van der Waals surface area (Å²) in [6.07, 6.45) is 4.04. The molecule has 2 aromatic heterocycles. The summed E-state index contributed by atoms with van der Waals surface area (Å²) in [5, 5.41) is 6.95. The quantitative estimate of drug-likeness (QED) is 0.388. The molecule has 0 atom stereocenters. The van der Waals surface area contributed by atoms with Crippen LogP contribution in [0.2, 0.25) is 0 Å². The topological polar surface area (TPSA) is 24.3 Å². The lowest BCUT2D eigenvalue weighted by molar-refractivity contribution is -0.513. The average Bonchev–Trinajstić information content (AvgIpc) is 2.85. The number of pyridine rings is 2. The Kier molecular flexibility index (Phi) is 1.32. The minimum absolute atomic E-state index is 0.615. The highest BCUT2D eigenvalue weighted by Gasteiger charge is 2.25. The van der Waals surface area contributed by atoms with Crippen LogP contribution in [0.3, 0.4) is 0 Å². The van der Waals surface area contributed by atoms with E-state index in [4.69, 9.17) is 6.54 Å². The van der Waals surface area contributed by atoms with Gasteiger partial charge >= 0.3 is 0 Å². The van der Waals surface area contributed by atoms with Crippen molar-refractivity contribution >= 4 is 28.4 Å². The molecule has 1 N–H and O–H groups in total. The van der Waals surface area contributed by atoms with Crippen molar-refractivity contribution in [3.63, 3.8) is 0 Å². The second kappa shape index (κ2) is 2.86. The molecule has 3 heterocycles. The second-order valence-electron chi connectivity index (χ2n) is 4.26. The standard InChI is InChI=1S/C15H9NO/c17-15-12-6-2-1-5-11(12)13-7-3-4-10-8-9-14(15)16(10)13/h1-9H/p+1/i/hD. The number of aromatic hydroxyl groups is 1. The van der Waals surface area contributed by atoms with Gasteiger partial charge in [-0.15, -0.1) is 4.40 Å². The number of benzene rings is 1. The molecule has 0 aliphatic carbocycles. The highest BCUT2D eigenvalue weighted by atomic mass is 16.3. The van der Waals surface area contributed by atoms with Crippen LogP contribution in [-0.4, -0.2) is 6.54 Å². The largest absolute Gasteiger partial charge is 0.502 e. The fourth-order valence-electron chi connectivity index (χ4n) is 2.59. The Morgan fingerprint density at radius 2 is 1.82 bits per heavy atom. The third-order valence-electron chi connectivity index (χ3n) is 3.35. The fraction of sp³-hybridized carbons (Fsp3) is 0. The van der Waals surface area contributed by atoms with Crippen LogP contribution in [0, 0.1) is 0 Å². The van der Waals surface area contributed by atoms with Crippen molar-refractivity contribution in [2.24, 2.45) is 0 Å². The first kappa shape index (κ1) is 7.85. The summed E-state index contributed by atoms with van der Waals surface area (Å²) in [5.74, 6) is 0.615. The van der Waals surface area contributed by atoms with Crippen LogP contribution in [0.15, 0.2) is 42.5 Å². The molecule has 0 saturated carbocycles. The zero-order chi connectivity index (χ0) is 12.1. The smallest absolute Gasteiger partial charge is 0.293 e. The first-order valence-electron chi connectivity index (χ1n) is 6.02. The van der Waals surface area contributed by atoms with E-state index in [1.807, 2.05) is 30.4 Å². The Balaban J connectivity index is 2.38. The van der Waals surface area contributed by atoms with Crippen LogP contribution in [-0.2, 0) is 0 Å². The molecule has 0 unspecified atom stereocenters. The van der Waals surface area contributed by atoms with Crippen molar-refractivity contribution in [2.75, 3.05) is 0 Å². The Morgan fingerprint density at radius 1 is 0.941 bits per heavy atom. The monoisotopic (exact) mass is 221 g/mol. The minimum atomic E-state index is 0.615. The second-order valence-corrected chi connectivity index (χ2v) is 4.26. The predicted octanol–water partition coefficient (Wildman–Crippen LogP) is 2.77. The number of hydrogen-bond acceptors (Lipinski definition) is 1. The molecule has 17 heavy (non-hydrogen) atoms. The van der Waals surface area contributed by atoms with Gasteiger partial charge in [-0.3, -0.25) is 0 Å². The molecule has 1 aliphatic rings. The van der Waals surface area contributed by atoms with Gasteiger partial charge in [0.05, 0.1) is 5.39 Å². The number of fused-ring (bicyclic) bond motifs is 2. The van der Waals surface area contributed by atoms with E-state index in [1.165, 1.54) is 0 Å². The van der Waals surface area contributed by atoms with Crippen LogP contribution in [0.25, 0.3) is 28.4 Å². The van der Waals surface area contributed by atoms with Crippen LogP contribution < -0.4 is 4.40 Å². The van der Waals surface area contributed by atoms with E-state index >= 15 is 0 Å². The highest BCUT2D eigenvalue weighted by molar-refractivity contribution is 5.99. The lowest BCUT2D eigenvalue weighted by Crippen LogP contribution is -2.26. The van der Waals surface area contributed by atoms with Crippen LogP contribution in [0.5, 0.6) is 5.75 Å². The molecular weight excluding hydrogens is 210 g/mol.